The van der Waals surface area contributed by atoms with Gasteiger partial charge in [-0.05, 0) is 12.1 Å². The van der Waals surface area contributed by atoms with Gasteiger partial charge in [0.25, 0.3) is 0 Å². The molecule has 0 heterocycles. The predicted octanol–water partition coefficient (Wildman–Crippen LogP) is 2.96. The van der Waals surface area contributed by atoms with Gasteiger partial charge in [0, 0.05) is 28.8 Å². The van der Waals surface area contributed by atoms with Gasteiger partial charge >= 0.3 is 0 Å². The lowest BCUT2D eigenvalue weighted by Gasteiger charge is -2.15. The first-order valence-corrected chi connectivity index (χ1v) is 4.64. The zero-order valence-corrected chi connectivity index (χ0v) is 9.04. The van der Waals surface area contributed by atoms with Gasteiger partial charge in [0.15, 0.2) is 0 Å². The molecule has 13 heavy (non-hydrogen) atoms. The number of rotatable bonds is 2. The van der Waals surface area contributed by atoms with E-state index in [0.717, 1.165) is 4.47 Å². The fourth-order valence-corrected chi connectivity index (χ4v) is 1.37. The lowest BCUT2D eigenvalue weighted by molar-refractivity contribution is -0.569. The summed E-state index contributed by atoms with van der Waals surface area (Å²) in [7, 11) is 0. The molecular formula is C9H10BrNO2. The Morgan fingerprint density at radius 1 is 1.46 bits per heavy atom. The predicted molar refractivity (Wildman–Crippen MR) is 54.2 cm³/mol. The third-order valence-corrected chi connectivity index (χ3v) is 2.48. The lowest BCUT2D eigenvalue weighted by Crippen LogP contribution is -2.27. The van der Waals surface area contributed by atoms with E-state index in [1.807, 2.05) is 6.07 Å². The van der Waals surface area contributed by atoms with Gasteiger partial charge in [-0.25, -0.2) is 0 Å². The van der Waals surface area contributed by atoms with E-state index in [9.17, 15) is 10.1 Å². The number of hydrogen-bond acceptors (Lipinski definition) is 2. The van der Waals surface area contributed by atoms with Crippen LogP contribution in [-0.4, -0.2) is 4.92 Å². The SMILES string of the molecule is CC(C)(c1cccc(Br)c1)[N+](=O)[O-]. The van der Waals surface area contributed by atoms with Crippen molar-refractivity contribution >= 4 is 15.9 Å². The van der Waals surface area contributed by atoms with Crippen molar-refractivity contribution in [2.24, 2.45) is 0 Å². The van der Waals surface area contributed by atoms with Crippen molar-refractivity contribution in [3.63, 3.8) is 0 Å². The van der Waals surface area contributed by atoms with Gasteiger partial charge in [-0.15, -0.1) is 0 Å². The quantitative estimate of drug-likeness (QED) is 0.592. The Morgan fingerprint density at radius 2 is 2.08 bits per heavy atom. The highest BCUT2D eigenvalue weighted by atomic mass is 79.9. The van der Waals surface area contributed by atoms with Crippen LogP contribution in [0.2, 0.25) is 0 Å². The molecular weight excluding hydrogens is 234 g/mol. The standard InChI is InChI=1S/C9H10BrNO2/c1-9(2,11(12)13)7-4-3-5-8(10)6-7/h3-6H,1-2H3. The smallest absolute Gasteiger partial charge is 0.241 e. The van der Waals surface area contributed by atoms with Crippen LogP contribution < -0.4 is 0 Å². The van der Waals surface area contributed by atoms with Gasteiger partial charge in [-0.1, -0.05) is 28.1 Å². The molecule has 0 fully saturated rings. The number of nitrogens with zero attached hydrogens (tertiary/aromatic N) is 1. The molecule has 0 radical (unpaired) electrons. The van der Waals surface area contributed by atoms with E-state index in [1.54, 1.807) is 32.0 Å². The Bertz CT molecular complexity index is 336. The second-order valence-electron chi connectivity index (χ2n) is 3.33. The molecule has 0 aliphatic rings. The summed E-state index contributed by atoms with van der Waals surface area (Å²) in [6.45, 7) is 3.18. The third kappa shape index (κ3) is 2.06. The van der Waals surface area contributed by atoms with E-state index in [0.29, 0.717) is 5.56 Å². The van der Waals surface area contributed by atoms with Crippen LogP contribution in [0, 0.1) is 10.1 Å². The summed E-state index contributed by atoms with van der Waals surface area (Å²) in [6.07, 6.45) is 0. The second-order valence-corrected chi connectivity index (χ2v) is 4.24. The molecule has 1 aromatic carbocycles. The molecule has 0 amide bonds. The van der Waals surface area contributed by atoms with Crippen LogP contribution in [0.3, 0.4) is 0 Å². The summed E-state index contributed by atoms with van der Waals surface area (Å²) in [5.41, 5.74) is -0.323. The summed E-state index contributed by atoms with van der Waals surface area (Å²) in [4.78, 5) is 10.4. The molecule has 4 heteroatoms. The van der Waals surface area contributed by atoms with Crippen LogP contribution in [0.25, 0.3) is 0 Å². The molecule has 0 spiro atoms. The van der Waals surface area contributed by atoms with Crippen molar-refractivity contribution in [1.29, 1.82) is 0 Å². The van der Waals surface area contributed by atoms with Gasteiger partial charge in [0.05, 0.1) is 0 Å². The molecule has 0 aliphatic carbocycles. The summed E-state index contributed by atoms with van der Waals surface area (Å²) >= 11 is 3.28. The molecule has 1 rings (SSSR count). The normalized spacial score (nSPS) is 11.3. The maximum Gasteiger partial charge on any atom is 0.241 e. The molecule has 70 valence electrons. The summed E-state index contributed by atoms with van der Waals surface area (Å²) in [6, 6.07) is 7.17. The zero-order valence-electron chi connectivity index (χ0n) is 7.45. The fraction of sp³-hybridized carbons (Fsp3) is 0.333. The number of benzene rings is 1. The van der Waals surface area contributed by atoms with E-state index < -0.39 is 5.54 Å². The van der Waals surface area contributed by atoms with Crippen molar-refractivity contribution < 1.29 is 4.92 Å². The Hall–Kier alpha value is -0.900. The molecule has 0 N–H and O–H groups in total. The first-order chi connectivity index (χ1) is 5.94. The molecule has 0 saturated heterocycles. The van der Waals surface area contributed by atoms with Crippen LogP contribution in [-0.2, 0) is 5.54 Å². The van der Waals surface area contributed by atoms with E-state index >= 15 is 0 Å². The number of hydrogen-bond donors (Lipinski definition) is 0. The van der Waals surface area contributed by atoms with Crippen molar-refractivity contribution in [3.8, 4) is 0 Å². The highest BCUT2D eigenvalue weighted by molar-refractivity contribution is 9.10. The largest absolute Gasteiger partial charge is 0.264 e. The molecule has 0 aliphatic heterocycles. The Morgan fingerprint density at radius 3 is 2.54 bits per heavy atom. The minimum Gasteiger partial charge on any atom is -0.264 e. The summed E-state index contributed by atoms with van der Waals surface area (Å²) < 4.78 is 0.861. The average Bonchev–Trinajstić information content (AvgIpc) is 2.04. The van der Waals surface area contributed by atoms with E-state index in [-0.39, 0.29) is 4.92 Å². The zero-order chi connectivity index (χ0) is 10.1. The minimum atomic E-state index is -1.02. The van der Waals surface area contributed by atoms with Crippen LogP contribution >= 0.6 is 15.9 Å². The molecule has 0 atom stereocenters. The Balaban J connectivity index is 3.14. The van der Waals surface area contributed by atoms with Gasteiger partial charge in [0.1, 0.15) is 0 Å². The van der Waals surface area contributed by atoms with Crippen molar-refractivity contribution in [2.45, 2.75) is 19.4 Å². The molecule has 0 saturated carbocycles. The highest BCUT2D eigenvalue weighted by Crippen LogP contribution is 2.25. The van der Waals surface area contributed by atoms with Crippen molar-refractivity contribution in [2.75, 3.05) is 0 Å². The first kappa shape index (κ1) is 10.2. The van der Waals surface area contributed by atoms with Crippen LogP contribution in [0.4, 0.5) is 0 Å². The van der Waals surface area contributed by atoms with Crippen LogP contribution in [0.5, 0.6) is 0 Å². The lowest BCUT2D eigenvalue weighted by atomic mass is 9.95. The number of nitro groups is 1. The van der Waals surface area contributed by atoms with E-state index in [4.69, 9.17) is 0 Å². The highest BCUT2D eigenvalue weighted by Gasteiger charge is 2.32. The van der Waals surface area contributed by atoms with Crippen LogP contribution in [0.15, 0.2) is 28.7 Å². The Kier molecular flexibility index (Phi) is 2.71. The van der Waals surface area contributed by atoms with Crippen LogP contribution in [0.1, 0.15) is 19.4 Å². The topological polar surface area (TPSA) is 43.1 Å². The molecule has 0 unspecified atom stereocenters. The van der Waals surface area contributed by atoms with Gasteiger partial charge < -0.3 is 0 Å². The number of halogens is 1. The summed E-state index contributed by atoms with van der Waals surface area (Å²) in [5.74, 6) is 0. The van der Waals surface area contributed by atoms with Gasteiger partial charge in [-0.3, -0.25) is 10.1 Å². The molecule has 0 bridgehead atoms. The summed E-state index contributed by atoms with van der Waals surface area (Å²) in [5, 5.41) is 10.7. The molecule has 3 nitrogen and oxygen atoms in total. The maximum absolute atomic E-state index is 10.7. The third-order valence-electron chi connectivity index (χ3n) is 1.99. The molecule has 1 aromatic rings. The van der Waals surface area contributed by atoms with Gasteiger partial charge in [-0.2, -0.15) is 0 Å². The monoisotopic (exact) mass is 243 g/mol. The van der Waals surface area contributed by atoms with Gasteiger partial charge in [0.2, 0.25) is 5.54 Å². The van der Waals surface area contributed by atoms with E-state index in [2.05, 4.69) is 15.9 Å². The second kappa shape index (κ2) is 3.46. The average molecular weight is 244 g/mol. The minimum absolute atomic E-state index is 0.283. The molecule has 0 aromatic heterocycles. The van der Waals surface area contributed by atoms with E-state index in [1.165, 1.54) is 0 Å². The van der Waals surface area contributed by atoms with Crippen molar-refractivity contribution in [3.05, 3.63) is 44.4 Å². The first-order valence-electron chi connectivity index (χ1n) is 3.85. The maximum atomic E-state index is 10.7. The van der Waals surface area contributed by atoms with Crippen molar-refractivity contribution in [1.82, 2.24) is 0 Å². The fourth-order valence-electron chi connectivity index (χ4n) is 0.974. The Labute approximate surface area is 85.0 Å².